The highest BCUT2D eigenvalue weighted by molar-refractivity contribution is 5.48. The predicted octanol–water partition coefficient (Wildman–Crippen LogP) is 3.49. The number of nitrogens with one attached hydrogen (secondary N) is 1. The number of hydrogen-bond donors (Lipinski definition) is 1. The fourth-order valence-corrected chi connectivity index (χ4v) is 1.70. The molecule has 1 aromatic rings. The van der Waals surface area contributed by atoms with E-state index >= 15 is 0 Å². The van der Waals surface area contributed by atoms with Gasteiger partial charge in [0.1, 0.15) is 0 Å². The van der Waals surface area contributed by atoms with Gasteiger partial charge in [0.15, 0.2) is 0 Å². The first-order valence-electron chi connectivity index (χ1n) is 6.90. The van der Waals surface area contributed by atoms with E-state index in [-0.39, 0.29) is 0 Å². The Morgan fingerprint density at radius 2 is 2.00 bits per heavy atom. The molecular formula is C16H25NO. The van der Waals surface area contributed by atoms with Crippen molar-refractivity contribution in [2.45, 2.75) is 32.8 Å². The lowest BCUT2D eigenvalue weighted by molar-refractivity contribution is 0.0717. The van der Waals surface area contributed by atoms with Crippen LogP contribution in [0.25, 0.3) is 6.08 Å². The molecule has 0 spiro atoms. The molecule has 1 unspecified atom stereocenters. The first kappa shape index (κ1) is 14.9. The van der Waals surface area contributed by atoms with Crippen LogP contribution < -0.4 is 5.32 Å². The van der Waals surface area contributed by atoms with Gasteiger partial charge in [-0.05, 0) is 24.9 Å². The van der Waals surface area contributed by atoms with Crippen molar-refractivity contribution >= 4 is 6.08 Å². The highest BCUT2D eigenvalue weighted by Crippen LogP contribution is 2.02. The van der Waals surface area contributed by atoms with Crippen molar-refractivity contribution < 1.29 is 4.74 Å². The van der Waals surface area contributed by atoms with Crippen LogP contribution in [-0.4, -0.2) is 25.8 Å². The summed E-state index contributed by atoms with van der Waals surface area (Å²) in [7, 11) is 0. The van der Waals surface area contributed by atoms with Crippen LogP contribution in [0.2, 0.25) is 0 Å². The quantitative estimate of drug-likeness (QED) is 0.674. The summed E-state index contributed by atoms with van der Waals surface area (Å²) in [5, 5.41) is 3.40. The zero-order valence-corrected chi connectivity index (χ0v) is 11.6. The highest BCUT2D eigenvalue weighted by atomic mass is 16.5. The highest BCUT2D eigenvalue weighted by Gasteiger charge is 2.03. The molecule has 100 valence electrons. The van der Waals surface area contributed by atoms with Crippen LogP contribution in [0.15, 0.2) is 36.4 Å². The van der Waals surface area contributed by atoms with Crippen molar-refractivity contribution in [2.24, 2.45) is 0 Å². The number of hydrogen-bond acceptors (Lipinski definition) is 2. The Morgan fingerprint density at radius 1 is 1.22 bits per heavy atom. The van der Waals surface area contributed by atoms with Gasteiger partial charge in [-0.2, -0.15) is 0 Å². The van der Waals surface area contributed by atoms with Crippen molar-refractivity contribution in [1.82, 2.24) is 5.32 Å². The van der Waals surface area contributed by atoms with Gasteiger partial charge in [0.05, 0.1) is 12.7 Å². The molecule has 0 saturated heterocycles. The van der Waals surface area contributed by atoms with Gasteiger partial charge in [-0.15, -0.1) is 0 Å². The van der Waals surface area contributed by atoms with Gasteiger partial charge >= 0.3 is 0 Å². The van der Waals surface area contributed by atoms with Crippen molar-refractivity contribution in [3.63, 3.8) is 0 Å². The van der Waals surface area contributed by atoms with E-state index in [4.69, 9.17) is 4.74 Å². The summed E-state index contributed by atoms with van der Waals surface area (Å²) in [6, 6.07) is 10.3. The second-order valence-corrected chi connectivity index (χ2v) is 4.38. The normalized spacial score (nSPS) is 13.0. The fourth-order valence-electron chi connectivity index (χ4n) is 1.70. The van der Waals surface area contributed by atoms with Crippen molar-refractivity contribution in [3.8, 4) is 0 Å². The molecular weight excluding hydrogens is 222 g/mol. The SMILES string of the molecule is CCCNCC(CC)OCC=Cc1ccccc1. The molecule has 0 saturated carbocycles. The maximum atomic E-state index is 5.81. The average molecular weight is 247 g/mol. The lowest BCUT2D eigenvalue weighted by atomic mass is 10.2. The van der Waals surface area contributed by atoms with E-state index in [1.54, 1.807) is 0 Å². The molecule has 0 aromatic heterocycles. The largest absolute Gasteiger partial charge is 0.373 e. The molecule has 2 nitrogen and oxygen atoms in total. The van der Waals surface area contributed by atoms with Gasteiger partial charge in [-0.3, -0.25) is 0 Å². The van der Waals surface area contributed by atoms with Crippen LogP contribution in [0, 0.1) is 0 Å². The van der Waals surface area contributed by atoms with Crippen LogP contribution >= 0.6 is 0 Å². The Balaban J connectivity index is 2.20. The molecule has 18 heavy (non-hydrogen) atoms. The molecule has 1 rings (SSSR count). The molecule has 0 heterocycles. The number of ether oxygens (including phenoxy) is 1. The van der Waals surface area contributed by atoms with E-state index in [2.05, 4.69) is 43.4 Å². The van der Waals surface area contributed by atoms with E-state index in [9.17, 15) is 0 Å². The topological polar surface area (TPSA) is 21.3 Å². The molecule has 0 aliphatic heterocycles. The third-order valence-electron chi connectivity index (χ3n) is 2.79. The molecule has 0 radical (unpaired) electrons. The Kier molecular flexibility index (Phi) is 8.19. The molecule has 1 atom stereocenters. The lowest BCUT2D eigenvalue weighted by Crippen LogP contribution is -2.29. The van der Waals surface area contributed by atoms with Gasteiger partial charge in [-0.25, -0.2) is 0 Å². The molecule has 2 heteroatoms. The van der Waals surface area contributed by atoms with Crippen molar-refractivity contribution in [2.75, 3.05) is 19.7 Å². The smallest absolute Gasteiger partial charge is 0.0701 e. The van der Waals surface area contributed by atoms with Gasteiger partial charge in [-0.1, -0.05) is 56.3 Å². The first-order valence-corrected chi connectivity index (χ1v) is 6.90. The molecule has 0 aliphatic rings. The number of benzene rings is 1. The second-order valence-electron chi connectivity index (χ2n) is 4.38. The summed E-state index contributed by atoms with van der Waals surface area (Å²) in [6.07, 6.45) is 6.72. The number of rotatable bonds is 9. The minimum atomic E-state index is 0.317. The van der Waals surface area contributed by atoms with E-state index in [1.807, 2.05) is 18.2 Å². The minimum Gasteiger partial charge on any atom is -0.373 e. The third kappa shape index (κ3) is 6.58. The Hall–Kier alpha value is -1.12. The summed E-state index contributed by atoms with van der Waals surface area (Å²) < 4.78 is 5.81. The standard InChI is InChI=1S/C16H25NO/c1-3-12-17-14-16(4-2)18-13-8-11-15-9-6-5-7-10-15/h5-11,16-17H,3-4,12-14H2,1-2H3. The zero-order chi connectivity index (χ0) is 13.1. The van der Waals surface area contributed by atoms with Gasteiger partial charge in [0, 0.05) is 6.54 Å². The molecule has 0 bridgehead atoms. The molecule has 0 aliphatic carbocycles. The maximum Gasteiger partial charge on any atom is 0.0701 e. The van der Waals surface area contributed by atoms with Crippen molar-refractivity contribution in [3.05, 3.63) is 42.0 Å². The summed E-state index contributed by atoms with van der Waals surface area (Å²) in [6.45, 7) is 7.04. The van der Waals surface area contributed by atoms with Crippen LogP contribution in [0.1, 0.15) is 32.3 Å². The molecule has 1 aromatic carbocycles. The van der Waals surface area contributed by atoms with Crippen LogP contribution in [0.3, 0.4) is 0 Å². The summed E-state index contributed by atoms with van der Waals surface area (Å²) in [5.41, 5.74) is 1.22. The van der Waals surface area contributed by atoms with E-state index < -0.39 is 0 Å². The second kappa shape index (κ2) is 9.86. The Morgan fingerprint density at radius 3 is 2.67 bits per heavy atom. The Labute approximate surface area is 111 Å². The first-order chi connectivity index (χ1) is 8.86. The minimum absolute atomic E-state index is 0.317. The van der Waals surface area contributed by atoms with Gasteiger partial charge in [0.2, 0.25) is 0 Å². The maximum absolute atomic E-state index is 5.81. The summed E-state index contributed by atoms with van der Waals surface area (Å²) in [4.78, 5) is 0. The zero-order valence-electron chi connectivity index (χ0n) is 11.6. The summed E-state index contributed by atoms with van der Waals surface area (Å²) >= 11 is 0. The van der Waals surface area contributed by atoms with Crippen LogP contribution in [0.4, 0.5) is 0 Å². The van der Waals surface area contributed by atoms with E-state index in [0.29, 0.717) is 12.7 Å². The fraction of sp³-hybridized carbons (Fsp3) is 0.500. The van der Waals surface area contributed by atoms with E-state index in [0.717, 1.165) is 19.5 Å². The average Bonchev–Trinajstić information content (AvgIpc) is 2.43. The molecule has 1 N–H and O–H groups in total. The summed E-state index contributed by atoms with van der Waals surface area (Å²) in [5.74, 6) is 0. The third-order valence-corrected chi connectivity index (χ3v) is 2.79. The van der Waals surface area contributed by atoms with Crippen LogP contribution in [-0.2, 0) is 4.74 Å². The van der Waals surface area contributed by atoms with Crippen molar-refractivity contribution in [1.29, 1.82) is 0 Å². The van der Waals surface area contributed by atoms with E-state index in [1.165, 1.54) is 12.0 Å². The van der Waals surface area contributed by atoms with Gasteiger partial charge in [0.25, 0.3) is 0 Å². The predicted molar refractivity (Wildman–Crippen MR) is 78.7 cm³/mol. The lowest BCUT2D eigenvalue weighted by Gasteiger charge is -2.15. The molecule has 0 fully saturated rings. The van der Waals surface area contributed by atoms with Gasteiger partial charge < -0.3 is 10.1 Å². The monoisotopic (exact) mass is 247 g/mol. The van der Waals surface area contributed by atoms with Crippen LogP contribution in [0.5, 0.6) is 0 Å². The Bertz CT molecular complexity index is 321. The molecule has 0 amide bonds.